The molecule has 2 N–H and O–H groups in total. The van der Waals surface area contributed by atoms with Gasteiger partial charge in [0.15, 0.2) is 11.3 Å². The van der Waals surface area contributed by atoms with Crippen molar-refractivity contribution in [3.05, 3.63) is 29.8 Å². The number of anilines is 1. The molecule has 0 saturated heterocycles. The average molecular weight is 353 g/mol. The van der Waals surface area contributed by atoms with Crippen LogP contribution in [0.15, 0.2) is 24.3 Å². The van der Waals surface area contributed by atoms with Crippen LogP contribution >= 0.6 is 15.9 Å². The summed E-state index contributed by atoms with van der Waals surface area (Å²) in [4.78, 5) is 37.1. The quantitative estimate of drug-likeness (QED) is 0.630. The fraction of sp³-hybridized carbons (Fsp3) is 0.400. The molecule has 2 amide bonds. The van der Waals surface area contributed by atoms with E-state index in [2.05, 4.69) is 26.6 Å². The molecule has 0 radical (unpaired) electrons. The maximum Gasteiger partial charge on any atom is 0.258 e. The molecule has 2 rings (SSSR count). The molecule has 1 heterocycles. The second kappa shape index (κ2) is 6.39. The van der Waals surface area contributed by atoms with E-state index in [1.54, 1.807) is 24.3 Å². The molecule has 0 fully saturated rings. The molecule has 1 aliphatic heterocycles. The van der Waals surface area contributed by atoms with E-state index in [0.717, 1.165) is 6.42 Å². The maximum atomic E-state index is 12.8. The largest absolute Gasteiger partial charge is 0.335 e. The molecule has 0 aromatic heterocycles. The Labute approximate surface area is 131 Å². The fourth-order valence-electron chi connectivity index (χ4n) is 2.47. The molecule has 1 atom stereocenters. The van der Waals surface area contributed by atoms with Gasteiger partial charge in [-0.1, -0.05) is 47.8 Å². The van der Waals surface area contributed by atoms with Crippen molar-refractivity contribution < 1.29 is 14.4 Å². The smallest absolute Gasteiger partial charge is 0.258 e. The van der Waals surface area contributed by atoms with Crippen LogP contribution in [0.2, 0.25) is 0 Å². The molecule has 0 spiro atoms. The van der Waals surface area contributed by atoms with Gasteiger partial charge in [-0.05, 0) is 18.6 Å². The van der Waals surface area contributed by atoms with Crippen molar-refractivity contribution in [1.29, 1.82) is 0 Å². The Morgan fingerprint density at radius 1 is 1.33 bits per heavy atom. The van der Waals surface area contributed by atoms with Crippen LogP contribution in [0.1, 0.15) is 36.5 Å². The minimum absolute atomic E-state index is 0.0447. The van der Waals surface area contributed by atoms with Crippen molar-refractivity contribution in [2.75, 3.05) is 10.6 Å². The third-order valence-electron chi connectivity index (χ3n) is 3.57. The molecule has 0 aliphatic carbocycles. The molecule has 1 aromatic carbocycles. The highest BCUT2D eigenvalue weighted by atomic mass is 79.9. The summed E-state index contributed by atoms with van der Waals surface area (Å²) in [5.74, 6) is -1.19. The Hall–Kier alpha value is -1.69. The monoisotopic (exact) mass is 352 g/mol. The summed E-state index contributed by atoms with van der Waals surface area (Å²) in [6.07, 6.45) is 1.79. The van der Waals surface area contributed by atoms with Crippen molar-refractivity contribution in [2.45, 2.75) is 31.7 Å². The van der Waals surface area contributed by atoms with Gasteiger partial charge in [-0.15, -0.1) is 0 Å². The zero-order valence-electron chi connectivity index (χ0n) is 11.7. The number of unbranched alkanes of at least 4 members (excludes halogenated alkanes) is 1. The molecule has 1 aliphatic rings. The van der Waals surface area contributed by atoms with E-state index in [4.69, 9.17) is 0 Å². The molecule has 0 bridgehead atoms. The van der Waals surface area contributed by atoms with Gasteiger partial charge in [0, 0.05) is 5.56 Å². The van der Waals surface area contributed by atoms with Crippen LogP contribution in [0, 0.1) is 0 Å². The topological polar surface area (TPSA) is 75.3 Å². The Kier molecular flexibility index (Phi) is 4.77. The minimum atomic E-state index is -1.50. The summed E-state index contributed by atoms with van der Waals surface area (Å²) in [5, 5.41) is 5.38. The van der Waals surface area contributed by atoms with Crippen molar-refractivity contribution in [3.8, 4) is 0 Å². The van der Waals surface area contributed by atoms with E-state index in [-0.39, 0.29) is 17.0 Å². The number of nitrogens with one attached hydrogen (secondary N) is 2. The van der Waals surface area contributed by atoms with Crippen molar-refractivity contribution >= 4 is 39.2 Å². The zero-order chi connectivity index (χ0) is 15.5. The van der Waals surface area contributed by atoms with Crippen LogP contribution < -0.4 is 10.6 Å². The Morgan fingerprint density at radius 3 is 2.71 bits per heavy atom. The first-order valence-corrected chi connectivity index (χ1v) is 7.99. The highest BCUT2D eigenvalue weighted by Crippen LogP contribution is 2.31. The molecule has 112 valence electrons. The number of benzene rings is 1. The predicted molar refractivity (Wildman–Crippen MR) is 83.6 cm³/mol. The van der Waals surface area contributed by atoms with Crippen LogP contribution in [0.3, 0.4) is 0 Å². The zero-order valence-corrected chi connectivity index (χ0v) is 13.3. The molecule has 1 unspecified atom stereocenters. The first-order chi connectivity index (χ1) is 10.0. The number of amides is 2. The molecule has 0 saturated carbocycles. The molecule has 1 aromatic rings. The lowest BCUT2D eigenvalue weighted by Gasteiger charge is -2.36. The molecule has 5 nitrogen and oxygen atoms in total. The summed E-state index contributed by atoms with van der Waals surface area (Å²) < 4.78 is 0. The van der Waals surface area contributed by atoms with Crippen LogP contribution in [-0.2, 0) is 9.59 Å². The number of hydrogen-bond donors (Lipinski definition) is 2. The standard InChI is InChI=1S/C15H17BrN2O3/c1-2-3-8-15(18-12(19)9-16)13(20)10-6-4-5-7-11(10)17-14(15)21/h4-7H,2-3,8-9H2,1H3,(H,17,21)(H,18,19). The highest BCUT2D eigenvalue weighted by molar-refractivity contribution is 9.09. The summed E-state index contributed by atoms with van der Waals surface area (Å²) >= 11 is 3.05. The minimum Gasteiger partial charge on any atom is -0.335 e. The maximum absolute atomic E-state index is 12.8. The third-order valence-corrected chi connectivity index (χ3v) is 4.08. The summed E-state index contributed by atoms with van der Waals surface area (Å²) in [6, 6.07) is 6.84. The number of Topliss-reactive ketones (excluding diaryl/α,β-unsaturated/α-hetero) is 1. The lowest BCUT2D eigenvalue weighted by atomic mass is 9.80. The number of carbonyl (C=O) groups excluding carboxylic acids is 3. The second-order valence-corrected chi connectivity index (χ2v) is 5.58. The van der Waals surface area contributed by atoms with E-state index in [1.165, 1.54) is 0 Å². The summed E-state index contributed by atoms with van der Waals surface area (Å²) in [7, 11) is 0. The van der Waals surface area contributed by atoms with Crippen LogP contribution in [0.5, 0.6) is 0 Å². The Bertz CT molecular complexity index is 588. The fourth-order valence-corrected chi connectivity index (χ4v) is 2.61. The van der Waals surface area contributed by atoms with Gasteiger partial charge in [0.1, 0.15) is 0 Å². The molecular weight excluding hydrogens is 336 g/mol. The van der Waals surface area contributed by atoms with E-state index >= 15 is 0 Å². The average Bonchev–Trinajstić information content (AvgIpc) is 2.50. The first-order valence-electron chi connectivity index (χ1n) is 6.87. The van der Waals surface area contributed by atoms with E-state index in [9.17, 15) is 14.4 Å². The van der Waals surface area contributed by atoms with Gasteiger partial charge in [-0.3, -0.25) is 14.4 Å². The van der Waals surface area contributed by atoms with Gasteiger partial charge in [-0.2, -0.15) is 0 Å². The van der Waals surface area contributed by atoms with Crippen LogP contribution in [0.25, 0.3) is 0 Å². The van der Waals surface area contributed by atoms with Crippen molar-refractivity contribution in [1.82, 2.24) is 5.32 Å². The molecule has 21 heavy (non-hydrogen) atoms. The van der Waals surface area contributed by atoms with Gasteiger partial charge in [0.2, 0.25) is 5.91 Å². The number of carbonyl (C=O) groups is 3. The number of alkyl halides is 1. The summed E-state index contributed by atoms with van der Waals surface area (Å²) in [6.45, 7) is 1.97. The number of fused-ring (bicyclic) bond motifs is 1. The predicted octanol–water partition coefficient (Wildman–Crippen LogP) is 2.26. The van der Waals surface area contributed by atoms with Crippen LogP contribution in [0.4, 0.5) is 5.69 Å². The SMILES string of the molecule is CCCCC1(NC(=O)CBr)C(=O)Nc2ccccc2C1=O. The number of ketones is 1. The second-order valence-electron chi connectivity index (χ2n) is 5.02. The van der Waals surface area contributed by atoms with Crippen molar-refractivity contribution in [2.24, 2.45) is 0 Å². The van der Waals surface area contributed by atoms with Crippen molar-refractivity contribution in [3.63, 3.8) is 0 Å². The molecular formula is C15H17BrN2O3. The van der Waals surface area contributed by atoms with E-state index in [0.29, 0.717) is 24.1 Å². The van der Waals surface area contributed by atoms with Gasteiger partial charge < -0.3 is 10.6 Å². The number of halogens is 1. The number of para-hydroxylation sites is 1. The van der Waals surface area contributed by atoms with Gasteiger partial charge in [0.25, 0.3) is 5.91 Å². The summed E-state index contributed by atoms with van der Waals surface area (Å²) in [5.41, 5.74) is -0.578. The normalized spacial score (nSPS) is 20.7. The Morgan fingerprint density at radius 2 is 2.05 bits per heavy atom. The lowest BCUT2D eigenvalue weighted by molar-refractivity contribution is -0.128. The van der Waals surface area contributed by atoms with Gasteiger partial charge >= 0.3 is 0 Å². The van der Waals surface area contributed by atoms with Crippen LogP contribution in [-0.4, -0.2) is 28.5 Å². The number of rotatable bonds is 5. The lowest BCUT2D eigenvalue weighted by Crippen LogP contribution is -2.64. The number of hydrogen-bond acceptors (Lipinski definition) is 3. The van der Waals surface area contributed by atoms with Gasteiger partial charge in [-0.25, -0.2) is 0 Å². The Balaban J connectivity index is 2.45. The van der Waals surface area contributed by atoms with E-state index < -0.39 is 11.4 Å². The molecule has 6 heteroatoms. The third kappa shape index (κ3) is 2.85. The van der Waals surface area contributed by atoms with E-state index in [1.807, 2.05) is 6.92 Å². The highest BCUT2D eigenvalue weighted by Gasteiger charge is 2.50. The first kappa shape index (κ1) is 15.7. The van der Waals surface area contributed by atoms with Gasteiger partial charge in [0.05, 0.1) is 11.0 Å².